The van der Waals surface area contributed by atoms with Crippen LogP contribution in [0.4, 0.5) is 0 Å². The number of aromatic hydroxyl groups is 1. The number of hydrogen-bond donors (Lipinski definition) is 6. The zero-order chi connectivity index (χ0) is 25.8. The number of ether oxygens (including phenoxy) is 1. The second kappa shape index (κ2) is 11.0. The second-order valence-corrected chi connectivity index (χ2v) is 9.12. The summed E-state index contributed by atoms with van der Waals surface area (Å²) in [5, 5.41) is 40.9. The third kappa shape index (κ3) is 6.82. The van der Waals surface area contributed by atoms with E-state index in [0.29, 0.717) is 13.1 Å². The zero-order valence-electron chi connectivity index (χ0n) is 19.8. The Kier molecular flexibility index (Phi) is 8.89. The molecule has 1 saturated heterocycles. The van der Waals surface area contributed by atoms with Crippen molar-refractivity contribution in [1.29, 1.82) is 0 Å². The number of phenols is 1. The quantitative estimate of drug-likeness (QED) is 0.207. The molecule has 1 aliphatic heterocycles. The van der Waals surface area contributed by atoms with Crippen molar-refractivity contribution in [2.75, 3.05) is 40.3 Å². The van der Waals surface area contributed by atoms with E-state index in [0.717, 1.165) is 0 Å². The summed E-state index contributed by atoms with van der Waals surface area (Å²) in [7, 11) is 1.57. The van der Waals surface area contributed by atoms with E-state index in [2.05, 4.69) is 5.32 Å². The number of carbonyl (C=O) groups is 3. The predicted octanol–water partition coefficient (Wildman–Crippen LogP) is -1.35. The first kappa shape index (κ1) is 27.4. The number of aromatic carboxylic acids is 1. The number of amides is 2. The fourth-order valence-electron chi connectivity index (χ4n) is 3.69. The van der Waals surface area contributed by atoms with Crippen molar-refractivity contribution in [2.45, 2.75) is 37.7 Å². The van der Waals surface area contributed by atoms with E-state index in [9.17, 15) is 24.6 Å². The third-order valence-electron chi connectivity index (χ3n) is 5.67. The lowest BCUT2D eigenvalue weighted by Gasteiger charge is -2.42. The van der Waals surface area contributed by atoms with Crippen molar-refractivity contribution in [1.82, 2.24) is 15.1 Å². The van der Waals surface area contributed by atoms with E-state index in [4.69, 9.17) is 20.5 Å². The first-order chi connectivity index (χ1) is 15.7. The van der Waals surface area contributed by atoms with Gasteiger partial charge in [-0.1, -0.05) is 13.0 Å². The maximum atomic E-state index is 12.4. The molecule has 34 heavy (non-hydrogen) atoms. The number of nitrogens with zero attached hydrogens (tertiary/aromatic N) is 2. The summed E-state index contributed by atoms with van der Waals surface area (Å²) in [4.78, 5) is 39.0. The third-order valence-corrected chi connectivity index (χ3v) is 5.67. The number of likely N-dealkylation sites (N-methyl/N-ethyl adjacent to an activating group) is 1. The maximum Gasteiger partial charge on any atom is 0.452 e. The molecular weight excluding hydrogens is 447 g/mol. The summed E-state index contributed by atoms with van der Waals surface area (Å²) in [5.74, 6) is -3.08. The van der Waals surface area contributed by atoms with Gasteiger partial charge in [0, 0.05) is 33.7 Å². The number of nitrogens with one attached hydrogen (secondary N) is 1. The molecule has 0 bridgehead atoms. The Morgan fingerprint density at radius 2 is 1.94 bits per heavy atom. The highest BCUT2D eigenvalue weighted by molar-refractivity contribution is 6.41. The number of rotatable bonds is 11. The number of carbonyl (C=O) groups excluding carboxylic acids is 2. The van der Waals surface area contributed by atoms with Gasteiger partial charge in [-0.3, -0.25) is 14.5 Å². The van der Waals surface area contributed by atoms with Gasteiger partial charge >= 0.3 is 13.1 Å². The van der Waals surface area contributed by atoms with Crippen LogP contribution in [-0.2, 0) is 9.59 Å². The Morgan fingerprint density at radius 1 is 1.32 bits per heavy atom. The standard InChI is InChI=1S/C21H33BN4O8/c1-12(7-22(32)33)14-5-6-15(17(18(14)28)19(29)30)34-13-9-26(10-13)11-21(2,23)20(31)24-8-16(27)25(3)4/h5-6,12-13,28,32-33H,7-11,23H2,1-4H3,(H,24,31)(H,29,30)/t12-,21-/m0/s1. The van der Waals surface area contributed by atoms with Gasteiger partial charge in [-0.05, 0) is 30.8 Å². The van der Waals surface area contributed by atoms with Gasteiger partial charge in [-0.2, -0.15) is 0 Å². The number of benzene rings is 1. The first-order valence-corrected chi connectivity index (χ1v) is 10.8. The second-order valence-electron chi connectivity index (χ2n) is 9.12. The van der Waals surface area contributed by atoms with E-state index in [1.165, 1.54) is 17.0 Å². The minimum Gasteiger partial charge on any atom is -0.507 e. The summed E-state index contributed by atoms with van der Waals surface area (Å²) >= 11 is 0. The molecule has 1 aromatic rings. The van der Waals surface area contributed by atoms with Gasteiger partial charge in [0.1, 0.15) is 28.7 Å². The van der Waals surface area contributed by atoms with Crippen molar-refractivity contribution in [3.8, 4) is 11.5 Å². The molecule has 2 amide bonds. The molecule has 188 valence electrons. The SMILES string of the molecule is C[C@@H](CB(O)O)c1ccc(OC2CN(C[C@](C)(N)C(=O)NCC(=O)N(C)C)C2)c(C(=O)O)c1O. The van der Waals surface area contributed by atoms with Crippen LogP contribution in [-0.4, -0.2) is 107 Å². The lowest BCUT2D eigenvalue weighted by Crippen LogP contribution is -2.64. The Hall–Kier alpha value is -2.87. The topological polar surface area (TPSA) is 186 Å². The fraction of sp³-hybridized carbons (Fsp3) is 0.571. The smallest absolute Gasteiger partial charge is 0.452 e. The zero-order valence-corrected chi connectivity index (χ0v) is 19.8. The van der Waals surface area contributed by atoms with E-state index < -0.39 is 41.8 Å². The average Bonchev–Trinajstić information content (AvgIpc) is 2.68. The van der Waals surface area contributed by atoms with Gasteiger partial charge in [0.05, 0.1) is 6.54 Å². The van der Waals surface area contributed by atoms with Crippen LogP contribution in [0.2, 0.25) is 6.32 Å². The largest absolute Gasteiger partial charge is 0.507 e. The highest BCUT2D eigenvalue weighted by atomic mass is 16.5. The van der Waals surface area contributed by atoms with Gasteiger partial charge < -0.3 is 40.9 Å². The Balaban J connectivity index is 1.98. The molecule has 0 saturated carbocycles. The van der Waals surface area contributed by atoms with Crippen LogP contribution < -0.4 is 15.8 Å². The molecule has 2 rings (SSSR count). The van der Waals surface area contributed by atoms with E-state index in [1.54, 1.807) is 27.9 Å². The van der Waals surface area contributed by atoms with Crippen LogP contribution >= 0.6 is 0 Å². The lowest BCUT2D eigenvalue weighted by atomic mass is 9.76. The number of nitrogens with two attached hydrogens (primary N) is 1. The highest BCUT2D eigenvalue weighted by Crippen LogP contribution is 2.38. The number of hydrogen-bond acceptors (Lipinski definition) is 9. The van der Waals surface area contributed by atoms with E-state index in [-0.39, 0.29) is 42.7 Å². The summed E-state index contributed by atoms with van der Waals surface area (Å²) in [6.07, 6.45) is -0.451. The van der Waals surface area contributed by atoms with Crippen LogP contribution in [0.3, 0.4) is 0 Å². The molecule has 2 atom stereocenters. The predicted molar refractivity (Wildman–Crippen MR) is 124 cm³/mol. The monoisotopic (exact) mass is 480 g/mol. The molecule has 7 N–H and O–H groups in total. The van der Waals surface area contributed by atoms with Crippen molar-refractivity contribution < 1.29 is 39.4 Å². The first-order valence-electron chi connectivity index (χ1n) is 10.8. The minimum absolute atomic E-state index is 0.00871. The summed E-state index contributed by atoms with van der Waals surface area (Å²) in [6, 6.07) is 2.93. The van der Waals surface area contributed by atoms with Crippen molar-refractivity contribution >= 4 is 24.9 Å². The van der Waals surface area contributed by atoms with Crippen LogP contribution in [0.1, 0.15) is 35.7 Å². The molecule has 0 aliphatic carbocycles. The number of carboxylic acids is 1. The normalized spacial score (nSPS) is 16.7. The average molecular weight is 480 g/mol. The Labute approximate surface area is 198 Å². The Morgan fingerprint density at radius 3 is 2.47 bits per heavy atom. The van der Waals surface area contributed by atoms with Crippen molar-refractivity contribution in [3.63, 3.8) is 0 Å². The summed E-state index contributed by atoms with van der Waals surface area (Å²) < 4.78 is 5.78. The molecule has 0 spiro atoms. The van der Waals surface area contributed by atoms with Crippen molar-refractivity contribution in [3.05, 3.63) is 23.3 Å². The highest BCUT2D eigenvalue weighted by Gasteiger charge is 2.38. The molecule has 13 heteroatoms. The number of likely N-dealkylation sites (tertiary alicyclic amines) is 1. The fourth-order valence-corrected chi connectivity index (χ4v) is 3.69. The molecule has 0 radical (unpaired) electrons. The molecule has 1 heterocycles. The minimum atomic E-state index is -1.59. The Bertz CT molecular complexity index is 918. The molecule has 0 unspecified atom stereocenters. The molecule has 1 aromatic carbocycles. The van der Waals surface area contributed by atoms with Crippen LogP contribution in [0.15, 0.2) is 12.1 Å². The van der Waals surface area contributed by atoms with Gasteiger partial charge in [-0.15, -0.1) is 0 Å². The lowest BCUT2D eigenvalue weighted by molar-refractivity contribution is -0.133. The molecule has 12 nitrogen and oxygen atoms in total. The summed E-state index contributed by atoms with van der Waals surface area (Å²) in [6.45, 7) is 4.00. The van der Waals surface area contributed by atoms with Crippen LogP contribution in [0.5, 0.6) is 11.5 Å². The van der Waals surface area contributed by atoms with Crippen molar-refractivity contribution in [2.24, 2.45) is 5.73 Å². The molecule has 1 aliphatic rings. The van der Waals surface area contributed by atoms with E-state index >= 15 is 0 Å². The molecular formula is C21H33BN4O8. The molecule has 0 aromatic heterocycles. The summed E-state index contributed by atoms with van der Waals surface area (Å²) in [5.41, 5.74) is 4.75. The molecule has 1 fully saturated rings. The van der Waals surface area contributed by atoms with Gasteiger partial charge in [0.2, 0.25) is 11.8 Å². The van der Waals surface area contributed by atoms with Gasteiger partial charge in [0.15, 0.2) is 0 Å². The number of carboxylic acid groups (broad SMARTS) is 1. The van der Waals surface area contributed by atoms with Gasteiger partial charge in [0.25, 0.3) is 0 Å². The van der Waals surface area contributed by atoms with Gasteiger partial charge in [-0.25, -0.2) is 4.79 Å². The maximum absolute atomic E-state index is 12.4. The van der Waals surface area contributed by atoms with Crippen LogP contribution in [0.25, 0.3) is 0 Å². The van der Waals surface area contributed by atoms with E-state index in [1.807, 2.05) is 4.90 Å². The van der Waals surface area contributed by atoms with Crippen LogP contribution in [0, 0.1) is 0 Å².